The molecule has 1 aromatic carbocycles. The van der Waals surface area contributed by atoms with Gasteiger partial charge in [-0.1, -0.05) is 12.1 Å². The predicted octanol–water partition coefficient (Wildman–Crippen LogP) is 3.33. The zero-order valence-electron chi connectivity index (χ0n) is 13.1. The summed E-state index contributed by atoms with van der Waals surface area (Å²) in [7, 11) is 0. The van der Waals surface area contributed by atoms with Crippen LogP contribution in [-0.4, -0.2) is 27.2 Å². The fourth-order valence-electron chi connectivity index (χ4n) is 2.57. The molecule has 0 N–H and O–H groups in total. The van der Waals surface area contributed by atoms with Crippen LogP contribution in [0.2, 0.25) is 0 Å². The minimum absolute atomic E-state index is 0.295. The number of esters is 1. The molecule has 0 saturated carbocycles. The van der Waals surface area contributed by atoms with Gasteiger partial charge in [0.05, 0.1) is 23.6 Å². The largest absolute Gasteiger partial charge is 0.462 e. The quantitative estimate of drug-likeness (QED) is 0.696. The minimum atomic E-state index is -0.420. The van der Waals surface area contributed by atoms with E-state index in [1.165, 1.54) is 18.3 Å². The molecular weight excluding hydrogens is 297 g/mol. The van der Waals surface area contributed by atoms with Gasteiger partial charge in [0, 0.05) is 11.8 Å². The molecule has 0 saturated heterocycles. The van der Waals surface area contributed by atoms with Gasteiger partial charge >= 0.3 is 5.97 Å². The highest BCUT2D eigenvalue weighted by Crippen LogP contribution is 2.28. The molecule has 23 heavy (non-hydrogen) atoms. The van der Waals surface area contributed by atoms with Crippen LogP contribution in [0.1, 0.15) is 28.7 Å². The predicted molar refractivity (Wildman–Crippen MR) is 83.8 cm³/mol. The van der Waals surface area contributed by atoms with E-state index in [2.05, 4.69) is 10.1 Å². The van der Waals surface area contributed by atoms with E-state index < -0.39 is 5.97 Å². The summed E-state index contributed by atoms with van der Waals surface area (Å²) >= 11 is 0. The summed E-state index contributed by atoms with van der Waals surface area (Å²) in [6.45, 7) is 5.71. The number of ether oxygens (including phenoxy) is 1. The van der Waals surface area contributed by atoms with Gasteiger partial charge in [-0.2, -0.15) is 5.10 Å². The highest BCUT2D eigenvalue weighted by Gasteiger charge is 2.19. The van der Waals surface area contributed by atoms with Crippen molar-refractivity contribution in [3.8, 4) is 11.1 Å². The first-order chi connectivity index (χ1) is 11.0. The lowest BCUT2D eigenvalue weighted by atomic mass is 10.1. The molecule has 0 fully saturated rings. The molecule has 3 aromatic rings. The number of fused-ring (bicyclic) bond motifs is 1. The summed E-state index contributed by atoms with van der Waals surface area (Å²) in [5.41, 5.74) is 4.07. The Bertz CT molecular complexity index is 885. The van der Waals surface area contributed by atoms with Crippen molar-refractivity contribution in [3.05, 3.63) is 53.2 Å². The molecule has 0 unspecified atom stereocenters. The molecule has 0 atom stereocenters. The molecule has 0 spiro atoms. The van der Waals surface area contributed by atoms with E-state index in [0.717, 1.165) is 16.8 Å². The van der Waals surface area contributed by atoms with Crippen LogP contribution in [0.4, 0.5) is 4.39 Å². The van der Waals surface area contributed by atoms with E-state index in [1.54, 1.807) is 30.5 Å². The number of benzene rings is 1. The molecule has 0 bridgehead atoms. The third-order valence-corrected chi connectivity index (χ3v) is 3.69. The first-order valence-corrected chi connectivity index (χ1v) is 7.31. The zero-order valence-corrected chi connectivity index (χ0v) is 13.1. The van der Waals surface area contributed by atoms with E-state index >= 15 is 0 Å². The van der Waals surface area contributed by atoms with Crippen molar-refractivity contribution in [2.24, 2.45) is 0 Å². The maximum Gasteiger partial charge on any atom is 0.341 e. The molecule has 2 heterocycles. The average Bonchev–Trinajstić information content (AvgIpc) is 2.86. The first kappa shape index (κ1) is 15.1. The smallest absolute Gasteiger partial charge is 0.341 e. The Hall–Kier alpha value is -2.76. The van der Waals surface area contributed by atoms with E-state index in [1.807, 2.05) is 6.92 Å². The van der Waals surface area contributed by atoms with Crippen LogP contribution in [0.25, 0.3) is 16.8 Å². The second kappa shape index (κ2) is 5.79. The maximum atomic E-state index is 13.1. The summed E-state index contributed by atoms with van der Waals surface area (Å²) in [6, 6.07) is 6.18. The van der Waals surface area contributed by atoms with Crippen molar-refractivity contribution in [1.29, 1.82) is 0 Å². The van der Waals surface area contributed by atoms with Gasteiger partial charge in [-0.05, 0) is 38.5 Å². The van der Waals surface area contributed by atoms with E-state index in [4.69, 9.17) is 4.74 Å². The Kier molecular flexibility index (Phi) is 3.82. The van der Waals surface area contributed by atoms with Gasteiger partial charge < -0.3 is 4.74 Å². The fraction of sp³-hybridized carbons (Fsp3) is 0.235. The van der Waals surface area contributed by atoms with E-state index in [0.29, 0.717) is 23.5 Å². The molecule has 0 radical (unpaired) electrons. The van der Waals surface area contributed by atoms with Gasteiger partial charge in [0.1, 0.15) is 5.82 Å². The first-order valence-electron chi connectivity index (χ1n) is 7.31. The van der Waals surface area contributed by atoms with Crippen LogP contribution in [0.15, 0.2) is 30.5 Å². The van der Waals surface area contributed by atoms with Crippen LogP contribution < -0.4 is 0 Å². The Balaban J connectivity index is 2.19. The molecule has 118 valence electrons. The molecule has 0 amide bonds. The number of carbonyl (C=O) groups excluding carboxylic acids is 1. The number of rotatable bonds is 3. The second-order valence-corrected chi connectivity index (χ2v) is 5.18. The molecule has 6 heteroatoms. The summed E-state index contributed by atoms with van der Waals surface area (Å²) in [4.78, 5) is 16.3. The highest BCUT2D eigenvalue weighted by atomic mass is 19.1. The number of halogens is 1. The topological polar surface area (TPSA) is 56.5 Å². The Labute approximate surface area is 132 Å². The SMILES string of the molecule is CCOC(=O)c1cnc2c(-c3ccc(F)cc3)c(C)nn2c1C. The number of aromatic nitrogens is 3. The number of hydrogen-bond acceptors (Lipinski definition) is 4. The standard InChI is InChI=1S/C17H16FN3O2/c1-4-23-17(22)14-9-19-16-15(10(2)20-21(16)11(14)3)12-5-7-13(18)8-6-12/h5-9H,4H2,1-3H3. The summed E-state index contributed by atoms with van der Waals surface area (Å²) in [5, 5.41) is 4.47. The van der Waals surface area contributed by atoms with Gasteiger partial charge in [0.15, 0.2) is 5.65 Å². The Morgan fingerprint density at radius 1 is 1.26 bits per heavy atom. The van der Waals surface area contributed by atoms with Crippen LogP contribution in [-0.2, 0) is 4.74 Å². The van der Waals surface area contributed by atoms with Crippen molar-refractivity contribution >= 4 is 11.6 Å². The fourth-order valence-corrected chi connectivity index (χ4v) is 2.57. The lowest BCUT2D eigenvalue weighted by molar-refractivity contribution is 0.0524. The van der Waals surface area contributed by atoms with Crippen LogP contribution in [0.3, 0.4) is 0 Å². The Morgan fingerprint density at radius 3 is 2.61 bits per heavy atom. The second-order valence-electron chi connectivity index (χ2n) is 5.18. The number of hydrogen-bond donors (Lipinski definition) is 0. The van der Waals surface area contributed by atoms with Gasteiger partial charge in [0.25, 0.3) is 0 Å². The molecule has 0 aliphatic rings. The summed E-state index contributed by atoms with van der Waals surface area (Å²) in [6.07, 6.45) is 1.50. The van der Waals surface area contributed by atoms with Crippen molar-refractivity contribution in [1.82, 2.24) is 14.6 Å². The van der Waals surface area contributed by atoms with Gasteiger partial charge in [-0.25, -0.2) is 18.7 Å². The summed E-state index contributed by atoms with van der Waals surface area (Å²) in [5.74, 6) is -0.715. The molecule has 0 aliphatic carbocycles. The van der Waals surface area contributed by atoms with Crippen LogP contribution >= 0.6 is 0 Å². The van der Waals surface area contributed by atoms with Crippen molar-refractivity contribution in [2.45, 2.75) is 20.8 Å². The lowest BCUT2D eigenvalue weighted by Gasteiger charge is -2.07. The normalized spacial score (nSPS) is 11.0. The van der Waals surface area contributed by atoms with Crippen molar-refractivity contribution in [2.75, 3.05) is 6.61 Å². The maximum absolute atomic E-state index is 13.1. The molecule has 0 aliphatic heterocycles. The number of nitrogens with zero attached hydrogens (tertiary/aromatic N) is 3. The molecule has 3 rings (SSSR count). The molecule has 2 aromatic heterocycles. The average molecular weight is 313 g/mol. The molecule has 5 nitrogen and oxygen atoms in total. The van der Waals surface area contributed by atoms with E-state index in [9.17, 15) is 9.18 Å². The van der Waals surface area contributed by atoms with Gasteiger partial charge in [-0.3, -0.25) is 0 Å². The van der Waals surface area contributed by atoms with Crippen LogP contribution in [0.5, 0.6) is 0 Å². The third kappa shape index (κ3) is 2.56. The zero-order chi connectivity index (χ0) is 16.6. The van der Waals surface area contributed by atoms with E-state index in [-0.39, 0.29) is 5.82 Å². The number of aryl methyl sites for hydroxylation is 2. The van der Waals surface area contributed by atoms with Crippen molar-refractivity contribution in [3.63, 3.8) is 0 Å². The highest BCUT2D eigenvalue weighted by molar-refractivity contribution is 5.91. The minimum Gasteiger partial charge on any atom is -0.462 e. The van der Waals surface area contributed by atoms with Crippen LogP contribution in [0, 0.1) is 19.7 Å². The van der Waals surface area contributed by atoms with Crippen molar-refractivity contribution < 1.29 is 13.9 Å². The number of carbonyl (C=O) groups is 1. The summed E-state index contributed by atoms with van der Waals surface area (Å²) < 4.78 is 19.8. The lowest BCUT2D eigenvalue weighted by Crippen LogP contribution is -2.11. The Morgan fingerprint density at radius 2 is 1.96 bits per heavy atom. The van der Waals surface area contributed by atoms with Gasteiger partial charge in [0.2, 0.25) is 0 Å². The third-order valence-electron chi connectivity index (χ3n) is 3.69. The van der Waals surface area contributed by atoms with Gasteiger partial charge in [-0.15, -0.1) is 0 Å². The monoisotopic (exact) mass is 313 g/mol. The molecular formula is C17H16FN3O2.